The number of likely N-dealkylation sites (N-methyl/N-ethyl adjacent to an activating group) is 1. The average molecular weight is 613 g/mol. The Bertz CT molecular complexity index is 1050. The zero-order valence-electron chi connectivity index (χ0n) is 28.3. The Morgan fingerprint density at radius 2 is 1.09 bits per heavy atom. The summed E-state index contributed by atoms with van der Waals surface area (Å²) in [6.07, 6.45) is 13.6. The standard InChI is InChI=1S/C23H39NO2.C14H21NO3/c1-4-5-6-7-8-9-10-11-12-13-18-24-19-20-14-16-21(17-15-20)22(25)23(2,3)26;1-14(2,18)13(17)12-6-4-11(5-7-12)10-15(3)8-9-16/h14-17,24,26H,4-13,18-19H2,1-3H3;4-7,16,18H,8-10H2,1-3H3. The van der Waals surface area contributed by atoms with Crippen molar-refractivity contribution < 1.29 is 24.9 Å². The number of hydrogen-bond acceptors (Lipinski definition) is 7. The molecule has 0 aliphatic rings. The molecule has 0 saturated carbocycles. The van der Waals surface area contributed by atoms with Crippen LogP contribution >= 0.6 is 0 Å². The molecular weight excluding hydrogens is 552 g/mol. The van der Waals surface area contributed by atoms with Crippen LogP contribution in [0.2, 0.25) is 0 Å². The molecule has 0 aliphatic carbocycles. The summed E-state index contributed by atoms with van der Waals surface area (Å²) < 4.78 is 0. The third-order valence-corrected chi connectivity index (χ3v) is 7.51. The zero-order chi connectivity index (χ0) is 33.0. The smallest absolute Gasteiger partial charge is 0.193 e. The van der Waals surface area contributed by atoms with E-state index in [1.807, 2.05) is 36.2 Å². The van der Waals surface area contributed by atoms with Crippen molar-refractivity contribution in [3.63, 3.8) is 0 Å². The minimum absolute atomic E-state index is 0.131. The van der Waals surface area contributed by atoms with Crippen molar-refractivity contribution in [3.8, 4) is 0 Å². The van der Waals surface area contributed by atoms with Gasteiger partial charge >= 0.3 is 0 Å². The van der Waals surface area contributed by atoms with E-state index in [-0.39, 0.29) is 18.2 Å². The molecule has 0 unspecified atom stereocenters. The number of carbonyl (C=O) groups is 2. The van der Waals surface area contributed by atoms with Crippen LogP contribution in [-0.4, -0.2) is 69.7 Å². The maximum absolute atomic E-state index is 12.0. The van der Waals surface area contributed by atoms with Crippen LogP contribution in [0.1, 0.15) is 131 Å². The van der Waals surface area contributed by atoms with Gasteiger partial charge in [-0.25, -0.2) is 0 Å². The molecule has 248 valence electrons. The lowest BCUT2D eigenvalue weighted by Gasteiger charge is -2.17. The van der Waals surface area contributed by atoms with Crippen LogP contribution in [-0.2, 0) is 13.1 Å². The number of hydrogen-bond donors (Lipinski definition) is 4. The molecule has 2 aromatic carbocycles. The Morgan fingerprint density at radius 1 is 0.682 bits per heavy atom. The normalized spacial score (nSPS) is 11.8. The first-order valence-corrected chi connectivity index (χ1v) is 16.5. The predicted molar refractivity (Wildman–Crippen MR) is 181 cm³/mol. The summed E-state index contributed by atoms with van der Waals surface area (Å²) >= 11 is 0. The lowest BCUT2D eigenvalue weighted by atomic mass is 9.96. The van der Waals surface area contributed by atoms with E-state index >= 15 is 0 Å². The molecule has 0 atom stereocenters. The number of carbonyl (C=O) groups excluding carboxylic acids is 2. The van der Waals surface area contributed by atoms with Crippen LogP contribution < -0.4 is 5.32 Å². The molecule has 0 bridgehead atoms. The number of aliphatic hydroxyl groups excluding tert-OH is 1. The van der Waals surface area contributed by atoms with Crippen LogP contribution in [0.4, 0.5) is 0 Å². The highest BCUT2D eigenvalue weighted by atomic mass is 16.3. The lowest BCUT2D eigenvalue weighted by molar-refractivity contribution is 0.0487. The fraction of sp³-hybridized carbons (Fsp3) is 0.622. The molecule has 0 saturated heterocycles. The third kappa shape index (κ3) is 17.2. The van der Waals surface area contributed by atoms with E-state index in [2.05, 4.69) is 12.2 Å². The minimum atomic E-state index is -1.34. The first kappa shape index (κ1) is 39.6. The first-order chi connectivity index (χ1) is 20.8. The van der Waals surface area contributed by atoms with Crippen molar-refractivity contribution in [1.82, 2.24) is 10.2 Å². The molecule has 2 rings (SSSR count). The second-order valence-corrected chi connectivity index (χ2v) is 13.0. The predicted octanol–water partition coefficient (Wildman–Crippen LogP) is 6.72. The molecular formula is C37H60N2O5. The quantitative estimate of drug-likeness (QED) is 0.0916. The van der Waals surface area contributed by atoms with Gasteiger partial charge in [-0.2, -0.15) is 0 Å². The summed E-state index contributed by atoms with van der Waals surface area (Å²) in [5, 5.41) is 31.7. The Kier molecular flexibility index (Phi) is 19.2. The van der Waals surface area contributed by atoms with Gasteiger partial charge in [0.15, 0.2) is 11.6 Å². The zero-order valence-corrected chi connectivity index (χ0v) is 28.3. The Labute approximate surface area is 267 Å². The second-order valence-electron chi connectivity index (χ2n) is 13.0. The summed E-state index contributed by atoms with van der Waals surface area (Å²) in [5.41, 5.74) is 0.666. The summed E-state index contributed by atoms with van der Waals surface area (Å²) in [6, 6.07) is 14.7. The van der Waals surface area contributed by atoms with Crippen molar-refractivity contribution in [1.29, 1.82) is 0 Å². The Hall–Kier alpha value is -2.42. The first-order valence-electron chi connectivity index (χ1n) is 16.5. The summed E-state index contributed by atoms with van der Waals surface area (Å²) in [5.74, 6) is -0.514. The van der Waals surface area contributed by atoms with Gasteiger partial charge in [0.2, 0.25) is 0 Å². The fourth-order valence-electron chi connectivity index (χ4n) is 4.77. The highest BCUT2D eigenvalue weighted by molar-refractivity contribution is 6.02. The highest BCUT2D eigenvalue weighted by Gasteiger charge is 2.25. The van der Waals surface area contributed by atoms with Gasteiger partial charge in [-0.05, 0) is 58.8 Å². The number of ketones is 2. The Balaban J connectivity index is 0.000000470. The van der Waals surface area contributed by atoms with E-state index in [0.29, 0.717) is 17.7 Å². The molecule has 0 heterocycles. The molecule has 2 aromatic rings. The van der Waals surface area contributed by atoms with Gasteiger partial charge in [0.05, 0.1) is 6.61 Å². The molecule has 0 fully saturated rings. The van der Waals surface area contributed by atoms with Crippen LogP contribution in [0.3, 0.4) is 0 Å². The van der Waals surface area contributed by atoms with Crippen LogP contribution in [0.15, 0.2) is 48.5 Å². The van der Waals surface area contributed by atoms with Gasteiger partial charge in [0.1, 0.15) is 11.2 Å². The number of unbranched alkanes of at least 4 members (excludes halogenated alkanes) is 9. The number of Topliss-reactive ketones (excluding diaryl/α,β-unsaturated/α-hetero) is 2. The number of rotatable bonds is 21. The number of aliphatic hydroxyl groups is 3. The Morgan fingerprint density at radius 3 is 1.50 bits per heavy atom. The maximum atomic E-state index is 12.0. The average Bonchev–Trinajstić information content (AvgIpc) is 2.97. The van der Waals surface area contributed by atoms with Crippen LogP contribution in [0.5, 0.6) is 0 Å². The van der Waals surface area contributed by atoms with Crippen LogP contribution in [0, 0.1) is 0 Å². The van der Waals surface area contributed by atoms with Crippen LogP contribution in [0.25, 0.3) is 0 Å². The second kappa shape index (κ2) is 21.3. The van der Waals surface area contributed by atoms with Crippen molar-refractivity contribution in [2.24, 2.45) is 0 Å². The van der Waals surface area contributed by atoms with E-state index < -0.39 is 11.2 Å². The minimum Gasteiger partial charge on any atom is -0.395 e. The highest BCUT2D eigenvalue weighted by Crippen LogP contribution is 2.15. The molecule has 0 radical (unpaired) electrons. The monoisotopic (exact) mass is 612 g/mol. The molecule has 44 heavy (non-hydrogen) atoms. The van der Waals surface area contributed by atoms with Crippen molar-refractivity contribution >= 4 is 11.6 Å². The van der Waals surface area contributed by atoms with Gasteiger partial charge in [0.25, 0.3) is 0 Å². The molecule has 0 aromatic heterocycles. The van der Waals surface area contributed by atoms with E-state index in [1.165, 1.54) is 97.5 Å². The summed E-state index contributed by atoms with van der Waals surface area (Å²) in [4.78, 5) is 25.8. The summed E-state index contributed by atoms with van der Waals surface area (Å²) in [6.45, 7) is 11.6. The largest absolute Gasteiger partial charge is 0.395 e. The van der Waals surface area contributed by atoms with Crippen molar-refractivity contribution in [2.75, 3.05) is 26.7 Å². The van der Waals surface area contributed by atoms with E-state index in [0.717, 1.165) is 25.2 Å². The van der Waals surface area contributed by atoms with Crippen molar-refractivity contribution in [2.45, 2.75) is 123 Å². The van der Waals surface area contributed by atoms with Gasteiger partial charge < -0.3 is 20.6 Å². The van der Waals surface area contributed by atoms with E-state index in [1.54, 1.807) is 24.3 Å². The summed E-state index contributed by atoms with van der Waals surface area (Å²) in [7, 11) is 1.92. The van der Waals surface area contributed by atoms with Crippen molar-refractivity contribution in [3.05, 3.63) is 70.8 Å². The number of benzene rings is 2. The lowest BCUT2D eigenvalue weighted by Crippen LogP contribution is -2.31. The van der Waals surface area contributed by atoms with Gasteiger partial charge in [-0.3, -0.25) is 14.5 Å². The van der Waals surface area contributed by atoms with Gasteiger partial charge in [-0.1, -0.05) is 113 Å². The van der Waals surface area contributed by atoms with Gasteiger partial charge in [0, 0.05) is 30.8 Å². The molecule has 4 N–H and O–H groups in total. The van der Waals surface area contributed by atoms with Gasteiger partial charge in [-0.15, -0.1) is 0 Å². The molecule has 7 heteroatoms. The molecule has 0 spiro atoms. The number of nitrogens with zero attached hydrogens (tertiary/aromatic N) is 1. The maximum Gasteiger partial charge on any atom is 0.193 e. The molecule has 0 amide bonds. The number of nitrogens with one attached hydrogen (secondary N) is 1. The third-order valence-electron chi connectivity index (χ3n) is 7.51. The SMILES string of the molecule is CCCCCCCCCCCCNCc1ccc(C(=O)C(C)(C)O)cc1.CN(CCO)Cc1ccc(C(=O)C(C)(C)O)cc1. The molecule has 7 nitrogen and oxygen atoms in total. The van der Waals surface area contributed by atoms with E-state index in [4.69, 9.17) is 5.11 Å². The fourth-order valence-corrected chi connectivity index (χ4v) is 4.77. The van der Waals surface area contributed by atoms with E-state index in [9.17, 15) is 19.8 Å². The topological polar surface area (TPSA) is 110 Å². The molecule has 0 aliphatic heterocycles.